The normalized spacial score (nSPS) is 53.4. The van der Waals surface area contributed by atoms with Gasteiger partial charge in [0.25, 0.3) is 0 Å². The largest absolute Gasteiger partial charge is 0.391 e. The van der Waals surface area contributed by atoms with E-state index in [1.54, 1.807) is 0 Å². The lowest BCUT2D eigenvalue weighted by atomic mass is 9.89. The fraction of sp³-hybridized carbons (Fsp3) is 1.00. The van der Waals surface area contributed by atoms with Crippen LogP contribution in [0.25, 0.3) is 0 Å². The second-order valence-electron chi connectivity index (χ2n) is 3.11. The van der Waals surface area contributed by atoms with E-state index in [0.717, 1.165) is 6.42 Å². The van der Waals surface area contributed by atoms with Gasteiger partial charge in [0, 0.05) is 18.5 Å². The van der Waals surface area contributed by atoms with E-state index in [0.29, 0.717) is 6.42 Å². The molecule has 1 aliphatic heterocycles. The summed E-state index contributed by atoms with van der Waals surface area (Å²) in [7, 11) is 0. The number of hydrazine groups is 1. The highest BCUT2D eigenvalue weighted by Gasteiger charge is 2.39. The molecule has 2 fully saturated rings. The molecule has 1 saturated heterocycles. The maximum absolute atomic E-state index is 9.30. The number of hydrogen-bond donors (Lipinski definition) is 4. The third kappa shape index (κ3) is 0.845. The van der Waals surface area contributed by atoms with Crippen LogP contribution in [0.1, 0.15) is 12.8 Å². The van der Waals surface area contributed by atoms with Crippen molar-refractivity contribution in [2.24, 2.45) is 0 Å². The molecule has 4 heteroatoms. The molecule has 2 rings (SSSR count). The lowest BCUT2D eigenvalue weighted by Gasteiger charge is -2.26. The molecular weight excluding hydrogens is 132 g/mol. The van der Waals surface area contributed by atoms with Gasteiger partial charge in [0.15, 0.2) is 0 Å². The zero-order chi connectivity index (χ0) is 7.14. The highest BCUT2D eigenvalue weighted by atomic mass is 16.3. The van der Waals surface area contributed by atoms with E-state index < -0.39 is 0 Å². The lowest BCUT2D eigenvalue weighted by Crippen LogP contribution is -2.41. The minimum absolute atomic E-state index is 0.147. The van der Waals surface area contributed by atoms with E-state index in [1.165, 1.54) is 0 Å². The van der Waals surface area contributed by atoms with Crippen LogP contribution in [0, 0.1) is 0 Å². The molecule has 0 aromatic rings. The van der Waals surface area contributed by atoms with Gasteiger partial charge in [-0.15, -0.1) is 0 Å². The third-order valence-electron chi connectivity index (χ3n) is 2.37. The van der Waals surface area contributed by atoms with Crippen LogP contribution in [0.15, 0.2) is 0 Å². The molecule has 2 aliphatic rings. The summed E-state index contributed by atoms with van der Waals surface area (Å²) < 4.78 is 0. The van der Waals surface area contributed by atoms with Crippen LogP contribution in [-0.2, 0) is 0 Å². The quantitative estimate of drug-likeness (QED) is 0.329. The van der Waals surface area contributed by atoms with Crippen LogP contribution in [0.3, 0.4) is 0 Å². The highest BCUT2D eigenvalue weighted by molar-refractivity contribution is 4.96. The summed E-state index contributed by atoms with van der Waals surface area (Å²) >= 11 is 0. The minimum Gasteiger partial charge on any atom is -0.391 e. The monoisotopic (exact) mass is 144 g/mol. The molecule has 1 aliphatic carbocycles. The van der Waals surface area contributed by atoms with Crippen molar-refractivity contribution in [2.45, 2.75) is 37.1 Å². The van der Waals surface area contributed by atoms with Crippen LogP contribution in [0.4, 0.5) is 0 Å². The minimum atomic E-state index is -0.388. The van der Waals surface area contributed by atoms with E-state index in [1.807, 2.05) is 0 Å². The summed E-state index contributed by atoms with van der Waals surface area (Å²) in [5.74, 6) is 0. The van der Waals surface area contributed by atoms with E-state index in [9.17, 15) is 10.2 Å². The van der Waals surface area contributed by atoms with Crippen molar-refractivity contribution in [1.82, 2.24) is 10.9 Å². The van der Waals surface area contributed by atoms with E-state index in [2.05, 4.69) is 10.9 Å². The van der Waals surface area contributed by atoms with Crippen molar-refractivity contribution in [1.29, 1.82) is 0 Å². The standard InChI is InChI=1S/C6H12N2O2/c9-5-2-6(10)4-1-3(5)7-8-4/h3-10H,1-2H2/t3?,4?,5-,6+. The average molecular weight is 144 g/mol. The molecule has 1 saturated carbocycles. The van der Waals surface area contributed by atoms with Crippen molar-refractivity contribution in [3.8, 4) is 0 Å². The van der Waals surface area contributed by atoms with Crippen molar-refractivity contribution in [3.63, 3.8) is 0 Å². The van der Waals surface area contributed by atoms with Gasteiger partial charge in [0.1, 0.15) is 0 Å². The summed E-state index contributed by atoms with van der Waals surface area (Å²) in [6.45, 7) is 0. The fourth-order valence-corrected chi connectivity index (χ4v) is 1.69. The summed E-state index contributed by atoms with van der Waals surface area (Å²) in [6, 6.07) is 0.293. The summed E-state index contributed by atoms with van der Waals surface area (Å²) in [4.78, 5) is 0. The smallest absolute Gasteiger partial charge is 0.0732 e. The molecule has 0 amide bonds. The Labute approximate surface area is 59.2 Å². The number of nitrogens with one attached hydrogen (secondary N) is 2. The van der Waals surface area contributed by atoms with Gasteiger partial charge in [-0.3, -0.25) is 10.9 Å². The SMILES string of the molecule is O[C@@H]1C[C@H](O)C2CC1NN2. The topological polar surface area (TPSA) is 64.5 Å². The van der Waals surface area contributed by atoms with Crippen LogP contribution in [-0.4, -0.2) is 34.5 Å². The highest BCUT2D eigenvalue weighted by Crippen LogP contribution is 2.22. The molecule has 0 aromatic carbocycles. The number of fused-ring (bicyclic) bond motifs is 2. The van der Waals surface area contributed by atoms with Crippen molar-refractivity contribution < 1.29 is 10.2 Å². The number of aliphatic hydroxyl groups excluding tert-OH is 2. The molecule has 2 unspecified atom stereocenters. The van der Waals surface area contributed by atoms with E-state index >= 15 is 0 Å². The van der Waals surface area contributed by atoms with Gasteiger partial charge in [-0.25, -0.2) is 0 Å². The van der Waals surface area contributed by atoms with E-state index in [4.69, 9.17) is 0 Å². The van der Waals surface area contributed by atoms with Gasteiger partial charge in [0.2, 0.25) is 0 Å². The zero-order valence-electron chi connectivity index (χ0n) is 5.62. The first-order valence-electron chi connectivity index (χ1n) is 3.64. The van der Waals surface area contributed by atoms with Gasteiger partial charge in [0.05, 0.1) is 12.2 Å². The van der Waals surface area contributed by atoms with E-state index in [-0.39, 0.29) is 24.3 Å². The number of rotatable bonds is 0. The molecule has 0 spiro atoms. The van der Waals surface area contributed by atoms with Crippen molar-refractivity contribution in [3.05, 3.63) is 0 Å². The van der Waals surface area contributed by atoms with Crippen LogP contribution < -0.4 is 10.9 Å². The van der Waals surface area contributed by atoms with Crippen molar-refractivity contribution >= 4 is 0 Å². The van der Waals surface area contributed by atoms with Gasteiger partial charge >= 0.3 is 0 Å². The van der Waals surface area contributed by atoms with Crippen molar-refractivity contribution in [2.75, 3.05) is 0 Å². The Morgan fingerprint density at radius 3 is 1.90 bits per heavy atom. The Morgan fingerprint density at radius 2 is 1.40 bits per heavy atom. The fourth-order valence-electron chi connectivity index (χ4n) is 1.69. The molecule has 4 N–H and O–H groups in total. The summed E-state index contributed by atoms with van der Waals surface area (Å²) in [5, 5.41) is 18.6. The molecule has 2 bridgehead atoms. The third-order valence-corrected chi connectivity index (χ3v) is 2.37. The lowest BCUT2D eigenvalue weighted by molar-refractivity contribution is 0.0304. The first-order valence-corrected chi connectivity index (χ1v) is 3.64. The molecule has 1 heterocycles. The maximum Gasteiger partial charge on any atom is 0.0732 e. The Morgan fingerprint density at radius 1 is 0.900 bits per heavy atom. The number of aliphatic hydroxyl groups is 2. The Kier molecular flexibility index (Phi) is 1.42. The maximum atomic E-state index is 9.30. The Balaban J connectivity index is 2.09. The average Bonchev–Trinajstić information content (AvgIpc) is 2.28. The molecule has 4 atom stereocenters. The first-order chi connectivity index (χ1) is 4.77. The van der Waals surface area contributed by atoms with Gasteiger partial charge in [-0.1, -0.05) is 0 Å². The molecule has 10 heavy (non-hydrogen) atoms. The Hall–Kier alpha value is -0.160. The molecule has 58 valence electrons. The van der Waals surface area contributed by atoms with Gasteiger partial charge in [-0.2, -0.15) is 0 Å². The second kappa shape index (κ2) is 2.17. The number of hydrogen-bond acceptors (Lipinski definition) is 4. The van der Waals surface area contributed by atoms with Gasteiger partial charge < -0.3 is 10.2 Å². The summed E-state index contributed by atoms with van der Waals surface area (Å²) in [6.07, 6.45) is 0.556. The Bertz CT molecular complexity index is 128. The second-order valence-corrected chi connectivity index (χ2v) is 3.11. The predicted octanol–water partition coefficient (Wildman–Crippen LogP) is -1.65. The molecule has 0 radical (unpaired) electrons. The predicted molar refractivity (Wildman–Crippen MR) is 35.1 cm³/mol. The molecular formula is C6H12N2O2. The molecule has 0 aromatic heterocycles. The van der Waals surface area contributed by atoms with Crippen LogP contribution in [0.2, 0.25) is 0 Å². The summed E-state index contributed by atoms with van der Waals surface area (Å²) in [5.41, 5.74) is 5.88. The molecule has 4 nitrogen and oxygen atoms in total. The van der Waals surface area contributed by atoms with Gasteiger partial charge in [-0.05, 0) is 6.42 Å². The van der Waals surface area contributed by atoms with Crippen LogP contribution in [0.5, 0.6) is 0 Å². The zero-order valence-corrected chi connectivity index (χ0v) is 5.62. The first kappa shape index (κ1) is 6.54. The van der Waals surface area contributed by atoms with Crippen LogP contribution >= 0.6 is 0 Å².